The van der Waals surface area contributed by atoms with Gasteiger partial charge in [0.2, 0.25) is 5.76 Å². The molecule has 6 heteroatoms. The Morgan fingerprint density at radius 2 is 2.14 bits per heavy atom. The van der Waals surface area contributed by atoms with Crippen LogP contribution in [0.2, 0.25) is 0 Å². The van der Waals surface area contributed by atoms with E-state index in [1.165, 1.54) is 0 Å². The maximum Gasteiger partial charge on any atom is 0.452 e. The Morgan fingerprint density at radius 3 is 2.57 bits per heavy atom. The monoisotopic (exact) mass is 209 g/mol. The van der Waals surface area contributed by atoms with Crippen molar-refractivity contribution in [2.45, 2.75) is 32.7 Å². The first-order chi connectivity index (χ1) is 6.39. The van der Waals surface area contributed by atoms with Crippen LogP contribution in [0.15, 0.2) is 10.6 Å². The van der Waals surface area contributed by atoms with Crippen molar-refractivity contribution in [2.75, 3.05) is 0 Å². The molecule has 0 fully saturated rings. The van der Waals surface area contributed by atoms with Gasteiger partial charge >= 0.3 is 6.18 Å². The topological polar surface area (TPSA) is 35.3 Å². The summed E-state index contributed by atoms with van der Waals surface area (Å²) in [5, 5.41) is 3.23. The highest BCUT2D eigenvalue weighted by atomic mass is 19.4. The van der Waals surface area contributed by atoms with E-state index in [-0.39, 0.29) is 18.4 Å². The van der Waals surface area contributed by atoms with E-state index in [9.17, 15) is 13.2 Å². The third kappa shape index (κ3) is 3.02. The van der Waals surface area contributed by atoms with Gasteiger partial charge in [0.25, 0.3) is 0 Å². The number of halogens is 3. The van der Waals surface area contributed by atoms with Crippen LogP contribution in [-0.4, -0.2) is 11.3 Å². The van der Waals surface area contributed by atoms with Gasteiger partial charge in [0.15, 0.2) is 0 Å². The van der Waals surface area contributed by atoms with Crippen LogP contribution in [0.5, 0.6) is 0 Å². The molecule has 0 bridgehead atoms. The van der Waals surface area contributed by atoms with E-state index in [4.69, 9.17) is 4.74 Å². The molecule has 0 aliphatic heterocycles. The summed E-state index contributed by atoms with van der Waals surface area (Å²) in [4.78, 5) is 0. The highest BCUT2D eigenvalue weighted by Gasteiger charge is 2.36. The summed E-state index contributed by atoms with van der Waals surface area (Å²) in [6.07, 6.45) is -4.54. The standard InChI is InChI=1S/C8H10F3NO2/c1-5(2)13-4-6-3-7(14-12-6)8(9,10)11/h3,5H,4H2,1-2H3. The van der Waals surface area contributed by atoms with Crippen LogP contribution >= 0.6 is 0 Å². The lowest BCUT2D eigenvalue weighted by atomic mass is 10.3. The van der Waals surface area contributed by atoms with Gasteiger partial charge in [-0.1, -0.05) is 5.16 Å². The molecule has 1 heterocycles. The number of ether oxygens (including phenoxy) is 1. The Kier molecular flexibility index (Phi) is 3.15. The summed E-state index contributed by atoms with van der Waals surface area (Å²) in [5.74, 6) is -1.10. The Morgan fingerprint density at radius 1 is 1.50 bits per heavy atom. The minimum absolute atomic E-state index is 0.0250. The highest BCUT2D eigenvalue weighted by Crippen LogP contribution is 2.29. The maximum absolute atomic E-state index is 12.0. The van der Waals surface area contributed by atoms with Crippen LogP contribution in [0.4, 0.5) is 13.2 Å². The summed E-state index contributed by atoms with van der Waals surface area (Å²) in [6, 6.07) is 0.836. The predicted octanol–water partition coefficient (Wildman–Crippen LogP) is 2.62. The van der Waals surface area contributed by atoms with Gasteiger partial charge in [-0.3, -0.25) is 0 Å². The van der Waals surface area contributed by atoms with Gasteiger partial charge in [-0.05, 0) is 13.8 Å². The summed E-state index contributed by atoms with van der Waals surface area (Å²) in [6.45, 7) is 3.59. The van der Waals surface area contributed by atoms with E-state index in [0.717, 1.165) is 6.07 Å². The zero-order valence-corrected chi connectivity index (χ0v) is 7.76. The fraction of sp³-hybridized carbons (Fsp3) is 0.625. The molecule has 80 valence electrons. The lowest BCUT2D eigenvalue weighted by Gasteiger charge is -2.03. The second-order valence-corrected chi connectivity index (χ2v) is 3.04. The molecular formula is C8H10F3NO2. The number of hydrogen-bond donors (Lipinski definition) is 0. The zero-order valence-electron chi connectivity index (χ0n) is 7.76. The molecule has 0 saturated carbocycles. The molecule has 1 aromatic heterocycles. The Labute approximate surface area is 78.8 Å². The molecule has 14 heavy (non-hydrogen) atoms. The van der Waals surface area contributed by atoms with Gasteiger partial charge in [-0.15, -0.1) is 0 Å². The van der Waals surface area contributed by atoms with Crippen molar-refractivity contribution in [3.8, 4) is 0 Å². The van der Waals surface area contributed by atoms with Crippen LogP contribution in [0.3, 0.4) is 0 Å². The smallest absolute Gasteiger partial charge is 0.372 e. The van der Waals surface area contributed by atoms with Crippen molar-refractivity contribution in [3.63, 3.8) is 0 Å². The predicted molar refractivity (Wildman–Crippen MR) is 41.4 cm³/mol. The normalized spacial score (nSPS) is 12.4. The van der Waals surface area contributed by atoms with Crippen molar-refractivity contribution in [2.24, 2.45) is 0 Å². The third-order valence-corrected chi connectivity index (χ3v) is 1.40. The first kappa shape index (κ1) is 11.0. The SMILES string of the molecule is CC(C)OCc1cc(C(F)(F)F)on1. The molecule has 0 N–H and O–H groups in total. The Bertz CT molecular complexity index is 293. The minimum Gasteiger partial charge on any atom is -0.372 e. The summed E-state index contributed by atoms with van der Waals surface area (Å²) in [5.41, 5.74) is 0.144. The Hall–Kier alpha value is -1.04. The third-order valence-electron chi connectivity index (χ3n) is 1.40. The van der Waals surface area contributed by atoms with Crippen LogP contribution < -0.4 is 0 Å². The first-order valence-electron chi connectivity index (χ1n) is 4.04. The lowest BCUT2D eigenvalue weighted by molar-refractivity contribution is -0.155. The fourth-order valence-electron chi connectivity index (χ4n) is 0.765. The van der Waals surface area contributed by atoms with E-state index in [1.54, 1.807) is 13.8 Å². The average molecular weight is 209 g/mol. The van der Waals surface area contributed by atoms with E-state index in [0.29, 0.717) is 0 Å². The van der Waals surface area contributed by atoms with E-state index in [2.05, 4.69) is 9.68 Å². The molecule has 1 rings (SSSR count). The second kappa shape index (κ2) is 4.00. The quantitative estimate of drug-likeness (QED) is 0.767. The molecule has 0 aromatic carbocycles. The van der Waals surface area contributed by atoms with Gasteiger partial charge in [0.05, 0.1) is 12.7 Å². The lowest BCUT2D eigenvalue weighted by Crippen LogP contribution is -2.03. The van der Waals surface area contributed by atoms with Gasteiger partial charge in [0.1, 0.15) is 5.69 Å². The van der Waals surface area contributed by atoms with Crippen LogP contribution in [0.1, 0.15) is 25.3 Å². The van der Waals surface area contributed by atoms with Gasteiger partial charge in [0, 0.05) is 6.07 Å². The van der Waals surface area contributed by atoms with Crippen LogP contribution in [0.25, 0.3) is 0 Å². The van der Waals surface area contributed by atoms with Crippen molar-refractivity contribution in [3.05, 3.63) is 17.5 Å². The van der Waals surface area contributed by atoms with Gasteiger partial charge < -0.3 is 9.26 Å². The van der Waals surface area contributed by atoms with Gasteiger partial charge in [-0.2, -0.15) is 13.2 Å². The number of rotatable bonds is 3. The molecule has 0 atom stereocenters. The molecule has 0 saturated heterocycles. The maximum atomic E-state index is 12.0. The zero-order chi connectivity index (χ0) is 10.8. The molecule has 0 aliphatic carbocycles. The Balaban J connectivity index is 2.60. The summed E-state index contributed by atoms with van der Waals surface area (Å²) < 4.78 is 45.2. The average Bonchev–Trinajstić information content (AvgIpc) is 2.47. The van der Waals surface area contributed by atoms with Crippen molar-refractivity contribution >= 4 is 0 Å². The molecule has 0 aliphatic rings. The number of aromatic nitrogens is 1. The van der Waals surface area contributed by atoms with Crippen molar-refractivity contribution in [1.82, 2.24) is 5.16 Å². The van der Waals surface area contributed by atoms with Crippen molar-refractivity contribution < 1.29 is 22.4 Å². The fourth-order valence-corrected chi connectivity index (χ4v) is 0.765. The van der Waals surface area contributed by atoms with Crippen molar-refractivity contribution in [1.29, 1.82) is 0 Å². The molecule has 0 radical (unpaired) electrons. The molecule has 0 unspecified atom stereocenters. The van der Waals surface area contributed by atoms with E-state index in [1.807, 2.05) is 0 Å². The largest absolute Gasteiger partial charge is 0.452 e. The molecule has 0 amide bonds. The summed E-state index contributed by atoms with van der Waals surface area (Å²) in [7, 11) is 0. The molecular weight excluding hydrogens is 199 g/mol. The molecule has 1 aromatic rings. The number of alkyl halides is 3. The van der Waals surface area contributed by atoms with E-state index >= 15 is 0 Å². The summed E-state index contributed by atoms with van der Waals surface area (Å²) >= 11 is 0. The molecule has 3 nitrogen and oxygen atoms in total. The second-order valence-electron chi connectivity index (χ2n) is 3.04. The number of nitrogens with zero attached hydrogens (tertiary/aromatic N) is 1. The first-order valence-corrected chi connectivity index (χ1v) is 4.04. The van der Waals surface area contributed by atoms with Crippen LogP contribution in [0, 0.1) is 0 Å². The highest BCUT2D eigenvalue weighted by molar-refractivity contribution is 5.07. The molecule has 0 spiro atoms. The van der Waals surface area contributed by atoms with Crippen LogP contribution in [-0.2, 0) is 17.5 Å². The number of hydrogen-bond acceptors (Lipinski definition) is 3. The minimum atomic E-state index is -4.48. The van der Waals surface area contributed by atoms with Gasteiger partial charge in [-0.25, -0.2) is 0 Å². The van der Waals surface area contributed by atoms with E-state index < -0.39 is 11.9 Å².